The SMILES string of the molecule is CC(C)C(=O)O[C@H]1[C@H]2NC(=O)C3=COC(=O)[C@@H]([C@@H]32)[C@@]1(C)O. The molecule has 0 bridgehead atoms. The minimum atomic E-state index is -1.59. The predicted molar refractivity (Wildman–Crippen MR) is 68.4 cm³/mol. The van der Waals surface area contributed by atoms with Gasteiger partial charge in [0, 0.05) is 5.92 Å². The standard InChI is InChI=1S/C14H17NO6/c1-5(2)12(17)21-10-9-7-6(11(16)15-9)4-20-13(18)8(7)14(10,3)19/h4-5,7-10,19H,1-3H3,(H,15,16)/t7-,8-,9+,10+,14-/m1/s1. The number of cyclic esters (lactones) is 1. The Labute approximate surface area is 121 Å². The molecule has 0 unspecified atom stereocenters. The van der Waals surface area contributed by atoms with Crippen LogP contribution < -0.4 is 5.32 Å². The van der Waals surface area contributed by atoms with Crippen LogP contribution in [0.3, 0.4) is 0 Å². The van der Waals surface area contributed by atoms with E-state index in [0.717, 1.165) is 6.26 Å². The Bertz CT molecular complexity index is 564. The summed E-state index contributed by atoms with van der Waals surface area (Å²) in [5.41, 5.74) is -1.28. The number of carbonyl (C=O) groups excluding carboxylic acids is 3. The molecule has 3 aliphatic rings. The first-order valence-corrected chi connectivity index (χ1v) is 6.89. The summed E-state index contributed by atoms with van der Waals surface area (Å²) in [5, 5.41) is 13.4. The van der Waals surface area contributed by atoms with Crippen LogP contribution in [0.4, 0.5) is 0 Å². The van der Waals surface area contributed by atoms with Crippen LogP contribution in [0.5, 0.6) is 0 Å². The Morgan fingerprint density at radius 2 is 2.14 bits per heavy atom. The van der Waals surface area contributed by atoms with Crippen LogP contribution in [0.2, 0.25) is 0 Å². The van der Waals surface area contributed by atoms with Crippen LogP contribution in [0.15, 0.2) is 11.8 Å². The number of nitrogens with one attached hydrogen (secondary N) is 1. The van der Waals surface area contributed by atoms with Crippen molar-refractivity contribution in [3.8, 4) is 0 Å². The van der Waals surface area contributed by atoms with E-state index in [-0.39, 0.29) is 11.8 Å². The summed E-state index contributed by atoms with van der Waals surface area (Å²) in [6, 6.07) is -0.612. The smallest absolute Gasteiger partial charge is 0.317 e. The molecule has 7 nitrogen and oxygen atoms in total. The Balaban J connectivity index is 2.00. The zero-order valence-corrected chi connectivity index (χ0v) is 12.0. The van der Waals surface area contributed by atoms with Crippen molar-refractivity contribution in [1.29, 1.82) is 0 Å². The van der Waals surface area contributed by atoms with Crippen LogP contribution in [-0.4, -0.2) is 40.7 Å². The third-order valence-corrected chi connectivity index (χ3v) is 4.47. The summed E-state index contributed by atoms with van der Waals surface area (Å²) >= 11 is 0. The van der Waals surface area contributed by atoms with Crippen molar-refractivity contribution in [3.63, 3.8) is 0 Å². The highest BCUT2D eigenvalue weighted by atomic mass is 16.6. The molecule has 0 aromatic heterocycles. The van der Waals surface area contributed by atoms with Crippen molar-refractivity contribution in [3.05, 3.63) is 11.8 Å². The lowest BCUT2D eigenvalue weighted by Gasteiger charge is -2.33. The first-order chi connectivity index (χ1) is 9.75. The van der Waals surface area contributed by atoms with Gasteiger partial charge >= 0.3 is 11.9 Å². The summed E-state index contributed by atoms with van der Waals surface area (Å²) in [5.74, 6) is -3.28. The molecule has 0 spiro atoms. The molecule has 1 amide bonds. The minimum Gasteiger partial charge on any atom is -0.457 e. The number of rotatable bonds is 2. The van der Waals surface area contributed by atoms with Gasteiger partial charge in [0.1, 0.15) is 11.9 Å². The average Bonchev–Trinajstić information content (AvgIpc) is 2.81. The maximum Gasteiger partial charge on any atom is 0.317 e. The Morgan fingerprint density at radius 3 is 2.76 bits per heavy atom. The Hall–Kier alpha value is -1.89. The van der Waals surface area contributed by atoms with Crippen LogP contribution in [0.1, 0.15) is 20.8 Å². The topological polar surface area (TPSA) is 102 Å². The number of amides is 1. The monoisotopic (exact) mass is 295 g/mol. The van der Waals surface area contributed by atoms with Gasteiger partial charge in [0.25, 0.3) is 5.91 Å². The fourth-order valence-electron chi connectivity index (χ4n) is 3.39. The normalized spacial score (nSPS) is 40.5. The Morgan fingerprint density at radius 1 is 1.48 bits per heavy atom. The summed E-state index contributed by atoms with van der Waals surface area (Å²) in [7, 11) is 0. The average molecular weight is 295 g/mol. The molecule has 1 aliphatic carbocycles. The lowest BCUT2D eigenvalue weighted by atomic mass is 9.82. The van der Waals surface area contributed by atoms with E-state index in [1.165, 1.54) is 6.92 Å². The van der Waals surface area contributed by atoms with Crippen molar-refractivity contribution >= 4 is 17.8 Å². The third-order valence-electron chi connectivity index (χ3n) is 4.47. The van der Waals surface area contributed by atoms with E-state index in [1.807, 2.05) is 0 Å². The van der Waals surface area contributed by atoms with Crippen LogP contribution in [0, 0.1) is 17.8 Å². The van der Waals surface area contributed by atoms with Gasteiger partial charge in [-0.3, -0.25) is 14.4 Å². The van der Waals surface area contributed by atoms with Gasteiger partial charge in [-0.1, -0.05) is 13.8 Å². The van der Waals surface area contributed by atoms with Gasteiger partial charge < -0.3 is 19.9 Å². The van der Waals surface area contributed by atoms with Crippen molar-refractivity contribution in [2.75, 3.05) is 0 Å². The zero-order chi connectivity index (χ0) is 15.5. The first-order valence-electron chi connectivity index (χ1n) is 6.89. The lowest BCUT2D eigenvalue weighted by molar-refractivity contribution is -0.175. The van der Waals surface area contributed by atoms with E-state index in [4.69, 9.17) is 9.47 Å². The molecule has 0 radical (unpaired) electrons. The maximum atomic E-state index is 12.0. The van der Waals surface area contributed by atoms with Gasteiger partial charge in [0.15, 0.2) is 6.10 Å². The quantitative estimate of drug-likeness (QED) is 0.665. The molecular formula is C14H17NO6. The molecule has 1 saturated carbocycles. The number of aliphatic hydroxyl groups is 1. The number of esters is 2. The number of hydrogen-bond donors (Lipinski definition) is 2. The third kappa shape index (κ3) is 1.80. The van der Waals surface area contributed by atoms with E-state index < -0.39 is 41.5 Å². The summed E-state index contributed by atoms with van der Waals surface area (Å²) < 4.78 is 10.2. The van der Waals surface area contributed by atoms with Crippen LogP contribution in [-0.2, 0) is 23.9 Å². The predicted octanol–water partition coefficient (Wildman–Crippen LogP) is -0.510. The number of ether oxygens (including phenoxy) is 2. The molecule has 0 aromatic carbocycles. The van der Waals surface area contributed by atoms with Crippen molar-refractivity contribution in [2.45, 2.75) is 38.5 Å². The highest BCUT2D eigenvalue weighted by Crippen LogP contribution is 2.50. The Kier molecular flexibility index (Phi) is 2.88. The van der Waals surface area contributed by atoms with Gasteiger partial charge in [0.2, 0.25) is 0 Å². The van der Waals surface area contributed by atoms with Gasteiger partial charge in [-0.2, -0.15) is 0 Å². The van der Waals surface area contributed by atoms with Crippen molar-refractivity contribution < 1.29 is 29.0 Å². The first kappa shape index (κ1) is 14.1. The van der Waals surface area contributed by atoms with E-state index in [9.17, 15) is 19.5 Å². The molecule has 2 N–H and O–H groups in total. The van der Waals surface area contributed by atoms with Crippen molar-refractivity contribution in [2.24, 2.45) is 17.8 Å². The summed E-state index contributed by atoms with van der Waals surface area (Å²) in [4.78, 5) is 35.7. The lowest BCUT2D eigenvalue weighted by Crippen LogP contribution is -2.52. The fraction of sp³-hybridized carbons (Fsp3) is 0.643. The molecule has 2 aliphatic heterocycles. The highest BCUT2D eigenvalue weighted by Gasteiger charge is 2.68. The number of carbonyl (C=O) groups is 3. The molecule has 114 valence electrons. The fourth-order valence-corrected chi connectivity index (χ4v) is 3.39. The van der Waals surface area contributed by atoms with E-state index >= 15 is 0 Å². The van der Waals surface area contributed by atoms with E-state index in [1.54, 1.807) is 13.8 Å². The zero-order valence-electron chi connectivity index (χ0n) is 12.0. The molecule has 2 heterocycles. The van der Waals surface area contributed by atoms with Gasteiger partial charge in [-0.15, -0.1) is 0 Å². The van der Waals surface area contributed by atoms with Crippen LogP contribution in [0.25, 0.3) is 0 Å². The largest absolute Gasteiger partial charge is 0.457 e. The van der Waals surface area contributed by atoms with Crippen molar-refractivity contribution in [1.82, 2.24) is 5.32 Å². The van der Waals surface area contributed by atoms with E-state index in [2.05, 4.69) is 5.32 Å². The highest BCUT2D eigenvalue weighted by molar-refractivity contribution is 6.00. The summed E-state index contributed by atoms with van der Waals surface area (Å²) in [6.07, 6.45) is 0.143. The van der Waals surface area contributed by atoms with Gasteiger partial charge in [-0.05, 0) is 6.92 Å². The second kappa shape index (κ2) is 4.30. The number of hydrogen-bond acceptors (Lipinski definition) is 6. The van der Waals surface area contributed by atoms with Gasteiger partial charge in [0.05, 0.1) is 23.5 Å². The van der Waals surface area contributed by atoms with Gasteiger partial charge in [-0.25, -0.2) is 0 Å². The molecule has 21 heavy (non-hydrogen) atoms. The second-order valence-electron chi connectivity index (χ2n) is 6.25. The summed E-state index contributed by atoms with van der Waals surface area (Å²) in [6.45, 7) is 4.78. The van der Waals surface area contributed by atoms with Crippen LogP contribution >= 0.6 is 0 Å². The molecule has 7 heteroatoms. The molecule has 5 atom stereocenters. The molecule has 2 fully saturated rings. The molecular weight excluding hydrogens is 278 g/mol. The second-order valence-corrected chi connectivity index (χ2v) is 6.25. The molecule has 0 aromatic rings. The molecule has 1 saturated heterocycles. The molecule has 3 rings (SSSR count). The minimum absolute atomic E-state index is 0.313. The maximum absolute atomic E-state index is 12.0. The van der Waals surface area contributed by atoms with E-state index in [0.29, 0.717) is 5.57 Å².